The summed E-state index contributed by atoms with van der Waals surface area (Å²) in [5.41, 5.74) is 0.294. The predicted octanol–water partition coefficient (Wildman–Crippen LogP) is 2.57. The maximum absolute atomic E-state index is 12.6. The highest BCUT2D eigenvalue weighted by atomic mass is 19.4. The highest BCUT2D eigenvalue weighted by Crippen LogP contribution is 2.31. The number of hydrogen-bond donors (Lipinski definition) is 2. The highest BCUT2D eigenvalue weighted by molar-refractivity contribution is 5.30. The van der Waals surface area contributed by atoms with Crippen molar-refractivity contribution in [2.75, 3.05) is 13.2 Å². The van der Waals surface area contributed by atoms with Crippen molar-refractivity contribution in [3.05, 3.63) is 53.9 Å². The van der Waals surface area contributed by atoms with Crippen LogP contribution < -0.4 is 10.1 Å². The number of ether oxygens (including phenoxy) is 1. The van der Waals surface area contributed by atoms with E-state index in [4.69, 9.17) is 4.74 Å². The van der Waals surface area contributed by atoms with Crippen LogP contribution in [0.25, 0.3) is 0 Å². The summed E-state index contributed by atoms with van der Waals surface area (Å²) >= 11 is 0. The molecule has 2 N–H and O–H groups in total. The van der Waals surface area contributed by atoms with Crippen LogP contribution in [0.1, 0.15) is 11.3 Å². The molecule has 1 aromatic carbocycles. The van der Waals surface area contributed by atoms with E-state index >= 15 is 0 Å². The summed E-state index contributed by atoms with van der Waals surface area (Å²) in [7, 11) is 1.92. The molecule has 126 valence electrons. The second kappa shape index (κ2) is 7.52. The normalized spacial score (nSPS) is 13.1. The van der Waals surface area contributed by atoms with Crippen LogP contribution in [-0.4, -0.2) is 28.9 Å². The number of alkyl halides is 3. The minimum Gasteiger partial charge on any atom is -0.491 e. The molecule has 4 nitrogen and oxygen atoms in total. The Morgan fingerprint density at radius 1 is 1.26 bits per heavy atom. The van der Waals surface area contributed by atoms with Crippen molar-refractivity contribution in [2.24, 2.45) is 7.05 Å². The lowest BCUT2D eigenvalue weighted by molar-refractivity contribution is -0.137. The van der Waals surface area contributed by atoms with E-state index in [9.17, 15) is 18.3 Å². The largest absolute Gasteiger partial charge is 0.491 e. The first kappa shape index (κ1) is 17.4. The molecule has 23 heavy (non-hydrogen) atoms. The molecule has 0 radical (unpaired) electrons. The zero-order chi connectivity index (χ0) is 16.9. The van der Waals surface area contributed by atoms with E-state index < -0.39 is 17.8 Å². The minimum atomic E-state index is -4.41. The van der Waals surface area contributed by atoms with Crippen LogP contribution in [0.3, 0.4) is 0 Å². The molecule has 0 saturated carbocycles. The number of hydrogen-bond acceptors (Lipinski definition) is 3. The summed E-state index contributed by atoms with van der Waals surface area (Å²) in [4.78, 5) is 0. The van der Waals surface area contributed by atoms with E-state index in [1.165, 1.54) is 12.1 Å². The summed E-state index contributed by atoms with van der Waals surface area (Å²) in [5.74, 6) is 0.0845. The van der Waals surface area contributed by atoms with Crippen molar-refractivity contribution in [3.8, 4) is 5.75 Å². The Labute approximate surface area is 132 Å². The highest BCUT2D eigenvalue weighted by Gasteiger charge is 2.30. The zero-order valence-electron chi connectivity index (χ0n) is 12.7. The molecule has 0 spiro atoms. The second-order valence-corrected chi connectivity index (χ2v) is 5.23. The lowest BCUT2D eigenvalue weighted by atomic mass is 10.2. The molecule has 2 aromatic rings. The van der Waals surface area contributed by atoms with E-state index in [2.05, 4.69) is 5.32 Å². The van der Waals surface area contributed by atoms with Gasteiger partial charge in [0.15, 0.2) is 0 Å². The number of rotatable bonds is 7. The predicted molar refractivity (Wildman–Crippen MR) is 80.1 cm³/mol. The van der Waals surface area contributed by atoms with Crippen LogP contribution in [0.4, 0.5) is 13.2 Å². The summed E-state index contributed by atoms with van der Waals surface area (Å²) in [6.45, 7) is 0.787. The van der Waals surface area contributed by atoms with Gasteiger partial charge in [-0.1, -0.05) is 6.07 Å². The van der Waals surface area contributed by atoms with Gasteiger partial charge in [0.1, 0.15) is 18.5 Å². The van der Waals surface area contributed by atoms with E-state index in [0.29, 0.717) is 6.54 Å². The lowest BCUT2D eigenvalue weighted by Gasteiger charge is -2.14. The fourth-order valence-corrected chi connectivity index (χ4v) is 2.06. The number of aliphatic hydroxyl groups excluding tert-OH is 1. The molecule has 0 bridgehead atoms. The van der Waals surface area contributed by atoms with Crippen LogP contribution in [0.5, 0.6) is 5.75 Å². The summed E-state index contributed by atoms with van der Waals surface area (Å²) < 4.78 is 44.9. The Hall–Kier alpha value is -1.99. The van der Waals surface area contributed by atoms with Crippen LogP contribution in [0.15, 0.2) is 42.6 Å². The van der Waals surface area contributed by atoms with Gasteiger partial charge in [-0.3, -0.25) is 0 Å². The van der Waals surface area contributed by atoms with Gasteiger partial charge in [-0.25, -0.2) is 0 Å². The molecular formula is C16H19F3N2O2. The Bertz CT molecular complexity index is 626. The fraction of sp³-hybridized carbons (Fsp3) is 0.375. The third-order valence-corrected chi connectivity index (χ3v) is 3.34. The third kappa shape index (κ3) is 5.30. The Morgan fingerprint density at radius 3 is 2.70 bits per heavy atom. The average Bonchev–Trinajstić information content (AvgIpc) is 2.90. The molecule has 1 unspecified atom stereocenters. The summed E-state index contributed by atoms with van der Waals surface area (Å²) in [5, 5.41) is 12.9. The average molecular weight is 328 g/mol. The van der Waals surface area contributed by atoms with Gasteiger partial charge in [0.25, 0.3) is 0 Å². The maximum Gasteiger partial charge on any atom is 0.416 e. The van der Waals surface area contributed by atoms with Gasteiger partial charge in [-0.05, 0) is 30.3 Å². The molecular weight excluding hydrogens is 309 g/mol. The number of nitrogens with zero attached hydrogens (tertiary/aromatic N) is 1. The van der Waals surface area contributed by atoms with Crippen molar-refractivity contribution < 1.29 is 23.0 Å². The third-order valence-electron chi connectivity index (χ3n) is 3.34. The molecule has 1 heterocycles. The molecule has 0 saturated heterocycles. The van der Waals surface area contributed by atoms with Crippen LogP contribution in [-0.2, 0) is 19.8 Å². The summed E-state index contributed by atoms with van der Waals surface area (Å²) in [6, 6.07) is 8.48. The van der Waals surface area contributed by atoms with Gasteiger partial charge in [0, 0.05) is 32.0 Å². The molecule has 1 atom stereocenters. The van der Waals surface area contributed by atoms with Gasteiger partial charge < -0.3 is 19.7 Å². The van der Waals surface area contributed by atoms with Crippen LogP contribution in [0.2, 0.25) is 0 Å². The first-order valence-corrected chi connectivity index (χ1v) is 7.15. The second-order valence-electron chi connectivity index (χ2n) is 5.23. The molecule has 0 fully saturated rings. The quantitative estimate of drug-likeness (QED) is 0.821. The van der Waals surface area contributed by atoms with Crippen molar-refractivity contribution in [3.63, 3.8) is 0 Å². The molecule has 0 aliphatic rings. The molecule has 0 aliphatic carbocycles. The molecule has 1 aromatic heterocycles. The van der Waals surface area contributed by atoms with Gasteiger partial charge in [0.2, 0.25) is 0 Å². The SMILES string of the molecule is Cn1cccc1CNCC(O)COc1cccc(C(F)(F)F)c1. The van der Waals surface area contributed by atoms with Gasteiger partial charge >= 0.3 is 6.18 Å². The Balaban J connectivity index is 1.76. The molecule has 0 aliphatic heterocycles. The number of aliphatic hydroxyl groups is 1. The number of aryl methyl sites for hydroxylation is 1. The van der Waals surface area contributed by atoms with Crippen molar-refractivity contribution >= 4 is 0 Å². The minimum absolute atomic E-state index is 0.0819. The van der Waals surface area contributed by atoms with Crippen LogP contribution >= 0.6 is 0 Å². The number of nitrogens with one attached hydrogen (secondary N) is 1. The zero-order valence-corrected chi connectivity index (χ0v) is 12.7. The van der Waals surface area contributed by atoms with Crippen molar-refractivity contribution in [1.82, 2.24) is 9.88 Å². The smallest absolute Gasteiger partial charge is 0.416 e. The first-order chi connectivity index (χ1) is 10.9. The van der Waals surface area contributed by atoms with E-state index in [1.807, 2.05) is 29.9 Å². The standard InChI is InChI=1S/C16H19F3N2O2/c1-21-7-3-5-13(21)9-20-10-14(22)11-23-15-6-2-4-12(8-15)16(17,18)19/h2-8,14,20,22H,9-11H2,1H3. The van der Waals surface area contributed by atoms with E-state index in [1.54, 1.807) is 0 Å². The van der Waals surface area contributed by atoms with Crippen molar-refractivity contribution in [2.45, 2.75) is 18.8 Å². The monoisotopic (exact) mass is 328 g/mol. The summed E-state index contributed by atoms with van der Waals surface area (Å²) in [6.07, 6.45) is -3.30. The van der Waals surface area contributed by atoms with E-state index in [-0.39, 0.29) is 18.9 Å². The van der Waals surface area contributed by atoms with Gasteiger partial charge in [0.05, 0.1) is 5.56 Å². The number of aromatic nitrogens is 1. The fourth-order valence-electron chi connectivity index (χ4n) is 2.06. The topological polar surface area (TPSA) is 46.4 Å². The van der Waals surface area contributed by atoms with Gasteiger partial charge in [-0.15, -0.1) is 0 Å². The molecule has 2 rings (SSSR count). The Kier molecular flexibility index (Phi) is 5.68. The number of benzene rings is 1. The van der Waals surface area contributed by atoms with E-state index in [0.717, 1.165) is 17.8 Å². The van der Waals surface area contributed by atoms with Gasteiger partial charge in [-0.2, -0.15) is 13.2 Å². The van der Waals surface area contributed by atoms with Crippen LogP contribution in [0, 0.1) is 0 Å². The Morgan fingerprint density at radius 2 is 2.04 bits per heavy atom. The number of halogens is 3. The first-order valence-electron chi connectivity index (χ1n) is 7.15. The lowest BCUT2D eigenvalue weighted by Crippen LogP contribution is -2.31. The molecule has 0 amide bonds. The van der Waals surface area contributed by atoms with Crippen molar-refractivity contribution in [1.29, 1.82) is 0 Å². The molecule has 7 heteroatoms. The maximum atomic E-state index is 12.6.